The maximum atomic E-state index is 10.4. The maximum absolute atomic E-state index is 10.4. The summed E-state index contributed by atoms with van der Waals surface area (Å²) in [5.41, 5.74) is 0.0890. The van der Waals surface area contributed by atoms with Crippen molar-refractivity contribution in [3.8, 4) is 0 Å². The lowest BCUT2D eigenvalue weighted by Gasteiger charge is -2.36. The van der Waals surface area contributed by atoms with Crippen LogP contribution >= 0.6 is 0 Å². The summed E-state index contributed by atoms with van der Waals surface area (Å²) in [6.45, 7) is 5.37. The second-order valence-corrected chi connectivity index (χ2v) is 3.08. The zero-order valence-corrected chi connectivity index (χ0v) is 6.35. The van der Waals surface area contributed by atoms with Gasteiger partial charge in [0.25, 0.3) is 0 Å². The van der Waals surface area contributed by atoms with Gasteiger partial charge in [-0.3, -0.25) is 4.79 Å². The van der Waals surface area contributed by atoms with Crippen molar-refractivity contribution in [1.82, 2.24) is 0 Å². The SMILES string of the molecule is CC(=O)OCC1(C)COC1. The Balaban J connectivity index is 2.18. The highest BCUT2D eigenvalue weighted by Gasteiger charge is 2.34. The smallest absolute Gasteiger partial charge is 0.302 e. The first-order valence-electron chi connectivity index (χ1n) is 3.33. The van der Waals surface area contributed by atoms with Crippen LogP contribution < -0.4 is 0 Å². The van der Waals surface area contributed by atoms with E-state index in [-0.39, 0.29) is 11.4 Å². The van der Waals surface area contributed by atoms with Crippen LogP contribution in [0.2, 0.25) is 0 Å². The second-order valence-electron chi connectivity index (χ2n) is 3.08. The minimum Gasteiger partial charge on any atom is -0.465 e. The van der Waals surface area contributed by atoms with Crippen LogP contribution in [0.15, 0.2) is 0 Å². The van der Waals surface area contributed by atoms with Crippen LogP contribution in [-0.4, -0.2) is 25.8 Å². The molecule has 1 aliphatic rings. The fourth-order valence-electron chi connectivity index (χ4n) is 0.810. The van der Waals surface area contributed by atoms with E-state index in [0.717, 1.165) is 0 Å². The van der Waals surface area contributed by atoms with Gasteiger partial charge in [0.1, 0.15) is 6.61 Å². The van der Waals surface area contributed by atoms with Crippen molar-refractivity contribution >= 4 is 5.97 Å². The van der Waals surface area contributed by atoms with Gasteiger partial charge in [0.15, 0.2) is 0 Å². The van der Waals surface area contributed by atoms with E-state index in [0.29, 0.717) is 19.8 Å². The number of hydrogen-bond donors (Lipinski definition) is 0. The standard InChI is InChI=1S/C7H12O3/c1-6(8)10-5-7(2)3-9-4-7/h3-5H2,1-2H3. The minimum atomic E-state index is -0.215. The quantitative estimate of drug-likeness (QED) is 0.532. The summed E-state index contributed by atoms with van der Waals surface area (Å²) in [5.74, 6) is -0.215. The maximum Gasteiger partial charge on any atom is 0.302 e. The molecule has 0 aromatic heterocycles. The topological polar surface area (TPSA) is 35.5 Å². The summed E-state index contributed by atoms with van der Waals surface area (Å²) in [6.07, 6.45) is 0. The van der Waals surface area contributed by atoms with Crippen LogP contribution in [0, 0.1) is 5.41 Å². The number of carbonyl (C=O) groups is 1. The van der Waals surface area contributed by atoms with Gasteiger partial charge >= 0.3 is 5.97 Å². The van der Waals surface area contributed by atoms with E-state index < -0.39 is 0 Å². The molecule has 0 spiro atoms. The van der Waals surface area contributed by atoms with Gasteiger partial charge in [-0.1, -0.05) is 6.92 Å². The van der Waals surface area contributed by atoms with Crippen molar-refractivity contribution in [2.75, 3.05) is 19.8 Å². The lowest BCUT2D eigenvalue weighted by atomic mass is 9.90. The summed E-state index contributed by atoms with van der Waals surface area (Å²) >= 11 is 0. The summed E-state index contributed by atoms with van der Waals surface area (Å²) in [6, 6.07) is 0. The average molecular weight is 144 g/mol. The molecule has 0 saturated carbocycles. The van der Waals surface area contributed by atoms with Crippen LogP contribution in [-0.2, 0) is 14.3 Å². The molecule has 0 unspecified atom stereocenters. The van der Waals surface area contributed by atoms with E-state index in [1.54, 1.807) is 0 Å². The predicted octanol–water partition coefficient (Wildman–Crippen LogP) is 0.586. The molecule has 0 aromatic rings. The number of hydrogen-bond acceptors (Lipinski definition) is 3. The average Bonchev–Trinajstić information content (AvgIpc) is 1.79. The van der Waals surface area contributed by atoms with Gasteiger partial charge in [0.2, 0.25) is 0 Å². The van der Waals surface area contributed by atoms with Crippen LogP contribution in [0.25, 0.3) is 0 Å². The molecule has 10 heavy (non-hydrogen) atoms. The lowest BCUT2D eigenvalue weighted by Crippen LogP contribution is -2.43. The van der Waals surface area contributed by atoms with Gasteiger partial charge in [-0.2, -0.15) is 0 Å². The Bertz CT molecular complexity index is 138. The summed E-state index contributed by atoms with van der Waals surface area (Å²) in [4.78, 5) is 10.4. The molecule has 1 fully saturated rings. The third-order valence-electron chi connectivity index (χ3n) is 1.52. The van der Waals surface area contributed by atoms with Gasteiger partial charge < -0.3 is 9.47 Å². The van der Waals surface area contributed by atoms with E-state index in [9.17, 15) is 4.79 Å². The van der Waals surface area contributed by atoms with Gasteiger partial charge in [-0.25, -0.2) is 0 Å². The molecule has 3 heteroatoms. The van der Waals surface area contributed by atoms with Crippen molar-refractivity contribution in [2.24, 2.45) is 5.41 Å². The summed E-state index contributed by atoms with van der Waals surface area (Å²) < 4.78 is 9.81. The normalized spacial score (nSPS) is 21.4. The molecule has 1 heterocycles. The number of ether oxygens (including phenoxy) is 2. The fraction of sp³-hybridized carbons (Fsp3) is 0.857. The predicted molar refractivity (Wildman–Crippen MR) is 35.6 cm³/mol. The Morgan fingerprint density at radius 3 is 2.60 bits per heavy atom. The fourth-order valence-corrected chi connectivity index (χ4v) is 0.810. The lowest BCUT2D eigenvalue weighted by molar-refractivity contribution is -0.163. The highest BCUT2D eigenvalue weighted by molar-refractivity contribution is 5.65. The molecule has 0 aliphatic carbocycles. The van der Waals surface area contributed by atoms with E-state index in [4.69, 9.17) is 9.47 Å². The van der Waals surface area contributed by atoms with Gasteiger partial charge in [-0.15, -0.1) is 0 Å². The number of rotatable bonds is 2. The Hall–Kier alpha value is -0.570. The Morgan fingerprint density at radius 1 is 1.70 bits per heavy atom. The molecule has 0 atom stereocenters. The van der Waals surface area contributed by atoms with E-state index in [1.165, 1.54) is 6.92 Å². The third kappa shape index (κ3) is 1.70. The Kier molecular flexibility index (Phi) is 1.94. The highest BCUT2D eigenvalue weighted by Crippen LogP contribution is 2.26. The number of esters is 1. The summed E-state index contributed by atoms with van der Waals surface area (Å²) in [5, 5.41) is 0. The highest BCUT2D eigenvalue weighted by atomic mass is 16.5. The molecule has 3 nitrogen and oxygen atoms in total. The molecule has 0 bridgehead atoms. The molecule has 0 aromatic carbocycles. The van der Waals surface area contributed by atoms with Crippen molar-refractivity contribution in [3.05, 3.63) is 0 Å². The van der Waals surface area contributed by atoms with Crippen LogP contribution in [0.4, 0.5) is 0 Å². The molecule has 0 amide bonds. The molecule has 0 radical (unpaired) electrons. The largest absolute Gasteiger partial charge is 0.465 e. The molecule has 1 aliphatic heterocycles. The first-order valence-corrected chi connectivity index (χ1v) is 3.33. The first-order chi connectivity index (χ1) is 4.62. The zero-order chi connectivity index (χ0) is 7.61. The van der Waals surface area contributed by atoms with Gasteiger partial charge in [0.05, 0.1) is 13.2 Å². The zero-order valence-electron chi connectivity index (χ0n) is 6.35. The van der Waals surface area contributed by atoms with E-state index in [1.807, 2.05) is 6.92 Å². The third-order valence-corrected chi connectivity index (χ3v) is 1.52. The Labute approximate surface area is 60.3 Å². The van der Waals surface area contributed by atoms with Crippen LogP contribution in [0.5, 0.6) is 0 Å². The molecule has 58 valence electrons. The Morgan fingerprint density at radius 2 is 2.30 bits per heavy atom. The summed E-state index contributed by atoms with van der Waals surface area (Å²) in [7, 11) is 0. The molecule has 1 saturated heterocycles. The first kappa shape index (κ1) is 7.54. The van der Waals surface area contributed by atoms with Crippen LogP contribution in [0.3, 0.4) is 0 Å². The number of carbonyl (C=O) groups excluding carboxylic acids is 1. The second kappa shape index (κ2) is 2.58. The van der Waals surface area contributed by atoms with Crippen LogP contribution in [0.1, 0.15) is 13.8 Å². The van der Waals surface area contributed by atoms with E-state index in [2.05, 4.69) is 0 Å². The van der Waals surface area contributed by atoms with Crippen molar-refractivity contribution < 1.29 is 14.3 Å². The van der Waals surface area contributed by atoms with Crippen molar-refractivity contribution in [3.63, 3.8) is 0 Å². The van der Waals surface area contributed by atoms with Crippen molar-refractivity contribution in [1.29, 1.82) is 0 Å². The monoisotopic (exact) mass is 144 g/mol. The molecule has 0 N–H and O–H groups in total. The minimum absolute atomic E-state index is 0.0890. The van der Waals surface area contributed by atoms with Gasteiger partial charge in [-0.05, 0) is 0 Å². The van der Waals surface area contributed by atoms with Gasteiger partial charge in [0, 0.05) is 12.3 Å². The molecular formula is C7H12O3. The van der Waals surface area contributed by atoms with E-state index >= 15 is 0 Å². The molecule has 1 rings (SSSR count). The van der Waals surface area contributed by atoms with Crippen molar-refractivity contribution in [2.45, 2.75) is 13.8 Å². The molecular weight excluding hydrogens is 132 g/mol.